The molecule has 0 atom stereocenters. The van der Waals surface area contributed by atoms with Crippen molar-refractivity contribution in [3.8, 4) is 11.5 Å². The van der Waals surface area contributed by atoms with E-state index in [-0.39, 0.29) is 24.3 Å². The first-order valence-corrected chi connectivity index (χ1v) is 10.7. The van der Waals surface area contributed by atoms with E-state index in [2.05, 4.69) is 9.71 Å². The van der Waals surface area contributed by atoms with Gasteiger partial charge >= 0.3 is 0 Å². The first-order chi connectivity index (χ1) is 12.3. The maximum Gasteiger partial charge on any atom is 0.231 e. The monoisotopic (exact) mass is 397 g/mol. The van der Waals surface area contributed by atoms with Crippen LogP contribution in [0.2, 0.25) is 0 Å². The molecule has 2 heterocycles. The number of carbonyl (C=O) groups excluding carboxylic acids is 1. The lowest BCUT2D eigenvalue weighted by molar-refractivity contribution is -0.130. The van der Waals surface area contributed by atoms with Crippen LogP contribution in [0.1, 0.15) is 18.2 Å². The fraction of sp³-hybridized carbons (Fsp3) is 0.375. The molecule has 0 bridgehead atoms. The summed E-state index contributed by atoms with van der Waals surface area (Å²) in [7, 11) is -3.38. The number of hydrogen-bond acceptors (Lipinski definition) is 7. The Morgan fingerprint density at radius 1 is 1.35 bits per heavy atom. The molecule has 1 aliphatic heterocycles. The molecule has 0 aliphatic carbocycles. The van der Waals surface area contributed by atoms with Crippen molar-refractivity contribution in [2.45, 2.75) is 19.9 Å². The van der Waals surface area contributed by atoms with E-state index >= 15 is 0 Å². The number of rotatable bonds is 7. The van der Waals surface area contributed by atoms with Gasteiger partial charge in [0.25, 0.3) is 0 Å². The van der Waals surface area contributed by atoms with Crippen molar-refractivity contribution in [1.82, 2.24) is 9.88 Å². The van der Waals surface area contributed by atoms with Crippen LogP contribution in [-0.4, -0.2) is 43.8 Å². The second-order valence-corrected chi connectivity index (χ2v) is 8.40. The van der Waals surface area contributed by atoms with Gasteiger partial charge in [-0.1, -0.05) is 6.07 Å². The summed E-state index contributed by atoms with van der Waals surface area (Å²) in [5.41, 5.74) is 1.48. The number of nitrogens with zero attached hydrogens (tertiary/aromatic N) is 2. The zero-order valence-corrected chi connectivity index (χ0v) is 16.0. The second-order valence-electron chi connectivity index (χ2n) is 5.79. The first kappa shape index (κ1) is 18.5. The standard InChI is InChI=1S/C16H19N3O5S2/c1-3-19(8-11-4-5-13-14(6-11)24-10-23-13)15(20)7-12-9-25-16(17-12)18-26(2,21)22/h4-6,9H,3,7-8,10H2,1-2H3,(H,17,18). The van der Waals surface area contributed by atoms with Crippen LogP contribution in [0.25, 0.3) is 0 Å². The van der Waals surface area contributed by atoms with Crippen LogP contribution in [0, 0.1) is 0 Å². The number of amides is 1. The summed E-state index contributed by atoms with van der Waals surface area (Å²) < 4.78 is 35.4. The molecule has 0 saturated carbocycles. The summed E-state index contributed by atoms with van der Waals surface area (Å²) in [4.78, 5) is 18.4. The van der Waals surface area contributed by atoms with E-state index in [1.54, 1.807) is 10.3 Å². The molecule has 0 unspecified atom stereocenters. The highest BCUT2D eigenvalue weighted by Gasteiger charge is 2.18. The summed E-state index contributed by atoms with van der Waals surface area (Å²) in [6.45, 7) is 3.11. The molecular weight excluding hydrogens is 378 g/mol. The minimum atomic E-state index is -3.38. The summed E-state index contributed by atoms with van der Waals surface area (Å²) in [5.74, 6) is 1.31. The summed E-state index contributed by atoms with van der Waals surface area (Å²) in [6, 6.07) is 5.61. The first-order valence-electron chi connectivity index (χ1n) is 7.92. The van der Waals surface area contributed by atoms with Gasteiger partial charge in [-0.25, -0.2) is 13.4 Å². The molecule has 0 fully saturated rings. The van der Waals surface area contributed by atoms with E-state index in [0.717, 1.165) is 23.2 Å². The fourth-order valence-electron chi connectivity index (χ4n) is 2.50. The number of nitrogens with one attached hydrogen (secondary N) is 1. The van der Waals surface area contributed by atoms with Gasteiger partial charge in [-0.15, -0.1) is 11.3 Å². The van der Waals surface area contributed by atoms with Crippen LogP contribution >= 0.6 is 11.3 Å². The van der Waals surface area contributed by atoms with Crippen LogP contribution in [0.3, 0.4) is 0 Å². The molecule has 3 rings (SSSR count). The van der Waals surface area contributed by atoms with Gasteiger partial charge in [0.05, 0.1) is 18.4 Å². The number of benzene rings is 1. The molecule has 1 amide bonds. The van der Waals surface area contributed by atoms with Crippen LogP contribution in [-0.2, 0) is 27.8 Å². The van der Waals surface area contributed by atoms with Gasteiger partial charge < -0.3 is 14.4 Å². The van der Waals surface area contributed by atoms with E-state index in [1.165, 1.54) is 0 Å². The number of fused-ring (bicyclic) bond motifs is 1. The topological polar surface area (TPSA) is 97.8 Å². The van der Waals surface area contributed by atoms with Gasteiger partial charge in [-0.05, 0) is 24.6 Å². The quantitative estimate of drug-likeness (QED) is 0.766. The highest BCUT2D eigenvalue weighted by Crippen LogP contribution is 2.32. The second kappa shape index (κ2) is 7.50. The normalized spacial score (nSPS) is 12.8. The molecule has 1 aromatic heterocycles. The molecule has 1 aromatic carbocycles. The number of ether oxygens (including phenoxy) is 2. The van der Waals surface area contributed by atoms with Gasteiger partial charge in [-0.2, -0.15) is 0 Å². The SMILES string of the molecule is CCN(Cc1ccc2c(c1)OCO2)C(=O)Cc1csc(NS(C)(=O)=O)n1. The Morgan fingerprint density at radius 3 is 2.85 bits per heavy atom. The summed E-state index contributed by atoms with van der Waals surface area (Å²) >= 11 is 1.15. The Labute approximate surface area is 155 Å². The third-order valence-electron chi connectivity index (χ3n) is 3.70. The van der Waals surface area contributed by atoms with Crippen molar-refractivity contribution < 1.29 is 22.7 Å². The Hall–Kier alpha value is -2.33. The van der Waals surface area contributed by atoms with Crippen molar-refractivity contribution >= 4 is 32.4 Å². The molecule has 0 saturated heterocycles. The van der Waals surface area contributed by atoms with Gasteiger partial charge in [0.1, 0.15) is 0 Å². The third kappa shape index (κ3) is 4.64. The lowest BCUT2D eigenvalue weighted by Crippen LogP contribution is -2.31. The lowest BCUT2D eigenvalue weighted by Gasteiger charge is -2.20. The summed E-state index contributed by atoms with van der Waals surface area (Å²) in [5, 5.41) is 1.94. The number of carbonyl (C=O) groups is 1. The zero-order chi connectivity index (χ0) is 18.7. The zero-order valence-electron chi connectivity index (χ0n) is 14.4. The number of aromatic nitrogens is 1. The molecule has 8 nitrogen and oxygen atoms in total. The highest BCUT2D eigenvalue weighted by molar-refractivity contribution is 7.92. The van der Waals surface area contributed by atoms with Crippen LogP contribution in [0.5, 0.6) is 11.5 Å². The van der Waals surface area contributed by atoms with Crippen molar-refractivity contribution in [2.75, 3.05) is 24.3 Å². The average molecular weight is 397 g/mol. The van der Waals surface area contributed by atoms with Gasteiger partial charge in [0, 0.05) is 18.5 Å². The van der Waals surface area contributed by atoms with Gasteiger partial charge in [0.15, 0.2) is 16.6 Å². The minimum absolute atomic E-state index is 0.0821. The smallest absolute Gasteiger partial charge is 0.231 e. The Kier molecular flexibility index (Phi) is 5.33. The van der Waals surface area contributed by atoms with Crippen molar-refractivity contribution in [2.24, 2.45) is 0 Å². The molecule has 26 heavy (non-hydrogen) atoms. The summed E-state index contributed by atoms with van der Waals surface area (Å²) in [6.07, 6.45) is 1.17. The van der Waals surface area contributed by atoms with Gasteiger partial charge in [0.2, 0.25) is 22.7 Å². The third-order valence-corrected chi connectivity index (χ3v) is 5.20. The van der Waals surface area contributed by atoms with E-state index in [9.17, 15) is 13.2 Å². The van der Waals surface area contributed by atoms with E-state index in [0.29, 0.717) is 30.3 Å². The predicted molar refractivity (Wildman–Crippen MR) is 97.9 cm³/mol. The fourth-order valence-corrected chi connectivity index (χ4v) is 4.06. The Morgan fingerprint density at radius 2 is 2.12 bits per heavy atom. The molecular formula is C16H19N3O5S2. The molecule has 10 heteroatoms. The molecule has 2 aromatic rings. The van der Waals surface area contributed by atoms with E-state index in [1.807, 2.05) is 25.1 Å². The maximum atomic E-state index is 12.6. The Bertz CT molecular complexity index is 910. The van der Waals surface area contributed by atoms with Crippen molar-refractivity contribution in [3.05, 3.63) is 34.8 Å². The van der Waals surface area contributed by atoms with E-state index in [4.69, 9.17) is 9.47 Å². The van der Waals surface area contributed by atoms with Crippen LogP contribution in [0.4, 0.5) is 5.13 Å². The number of anilines is 1. The highest BCUT2D eigenvalue weighted by atomic mass is 32.2. The molecule has 140 valence electrons. The number of likely N-dealkylation sites (N-methyl/N-ethyl adjacent to an activating group) is 1. The molecule has 1 aliphatic rings. The van der Waals surface area contributed by atoms with Gasteiger partial charge in [-0.3, -0.25) is 9.52 Å². The van der Waals surface area contributed by atoms with Crippen LogP contribution in [0.15, 0.2) is 23.6 Å². The average Bonchev–Trinajstić information content (AvgIpc) is 3.19. The maximum absolute atomic E-state index is 12.6. The van der Waals surface area contributed by atoms with E-state index < -0.39 is 10.0 Å². The molecule has 0 radical (unpaired) electrons. The number of sulfonamides is 1. The lowest BCUT2D eigenvalue weighted by atomic mass is 10.1. The number of thiazole rings is 1. The molecule has 1 N–H and O–H groups in total. The van der Waals surface area contributed by atoms with Crippen molar-refractivity contribution in [3.63, 3.8) is 0 Å². The predicted octanol–water partition coefficient (Wildman–Crippen LogP) is 1.83. The largest absolute Gasteiger partial charge is 0.454 e. The minimum Gasteiger partial charge on any atom is -0.454 e. The number of hydrogen-bond donors (Lipinski definition) is 1. The molecule has 0 spiro atoms. The van der Waals surface area contributed by atoms with Crippen molar-refractivity contribution in [1.29, 1.82) is 0 Å². The Balaban J connectivity index is 1.64. The van der Waals surface area contributed by atoms with Crippen LogP contribution < -0.4 is 14.2 Å².